The van der Waals surface area contributed by atoms with E-state index in [1.165, 1.54) is 6.20 Å². The molecular formula is C16H18N2O3. The molecule has 0 radical (unpaired) electrons. The van der Waals surface area contributed by atoms with Crippen molar-refractivity contribution < 1.29 is 14.3 Å². The van der Waals surface area contributed by atoms with Crippen LogP contribution >= 0.6 is 0 Å². The van der Waals surface area contributed by atoms with Crippen molar-refractivity contribution in [3.05, 3.63) is 47.4 Å². The second-order valence-electron chi connectivity index (χ2n) is 4.46. The number of carbonyl (C=O) groups is 1. The SMILES string of the molecule is CCOC(=O)c1ccc(Oc2ccc(C)nc2CC)nc1. The Kier molecular flexibility index (Phi) is 4.87. The summed E-state index contributed by atoms with van der Waals surface area (Å²) in [6.07, 6.45) is 2.22. The molecule has 2 aromatic heterocycles. The number of pyridine rings is 2. The minimum absolute atomic E-state index is 0.339. The van der Waals surface area contributed by atoms with Crippen molar-refractivity contribution in [1.29, 1.82) is 0 Å². The minimum atomic E-state index is -0.386. The average molecular weight is 286 g/mol. The van der Waals surface area contributed by atoms with Gasteiger partial charge >= 0.3 is 5.97 Å². The maximum absolute atomic E-state index is 11.5. The van der Waals surface area contributed by atoms with E-state index in [0.717, 1.165) is 17.8 Å². The van der Waals surface area contributed by atoms with Crippen LogP contribution in [-0.4, -0.2) is 22.5 Å². The number of hydrogen-bond acceptors (Lipinski definition) is 5. The van der Waals surface area contributed by atoms with Gasteiger partial charge in [0.25, 0.3) is 0 Å². The van der Waals surface area contributed by atoms with Gasteiger partial charge in [-0.25, -0.2) is 9.78 Å². The van der Waals surface area contributed by atoms with Crippen LogP contribution in [0.3, 0.4) is 0 Å². The minimum Gasteiger partial charge on any atom is -0.462 e. The van der Waals surface area contributed by atoms with E-state index in [1.807, 2.05) is 26.0 Å². The molecule has 0 aliphatic heterocycles. The van der Waals surface area contributed by atoms with Crippen LogP contribution in [0.15, 0.2) is 30.5 Å². The van der Waals surface area contributed by atoms with Crippen LogP contribution in [0.4, 0.5) is 0 Å². The summed E-state index contributed by atoms with van der Waals surface area (Å²) in [5.74, 6) is 0.714. The van der Waals surface area contributed by atoms with Gasteiger partial charge in [-0.2, -0.15) is 0 Å². The zero-order valence-electron chi connectivity index (χ0n) is 12.4. The van der Waals surface area contributed by atoms with Gasteiger partial charge in [-0.3, -0.25) is 4.98 Å². The van der Waals surface area contributed by atoms with E-state index >= 15 is 0 Å². The van der Waals surface area contributed by atoms with Crippen LogP contribution in [0.25, 0.3) is 0 Å². The molecule has 0 bridgehead atoms. The molecule has 0 N–H and O–H groups in total. The third-order valence-corrected chi connectivity index (χ3v) is 2.87. The largest absolute Gasteiger partial charge is 0.462 e. The fraction of sp³-hybridized carbons (Fsp3) is 0.312. The van der Waals surface area contributed by atoms with Gasteiger partial charge in [0, 0.05) is 18.0 Å². The van der Waals surface area contributed by atoms with Crippen molar-refractivity contribution >= 4 is 5.97 Å². The van der Waals surface area contributed by atoms with Crippen LogP contribution in [0.1, 0.15) is 35.6 Å². The van der Waals surface area contributed by atoms with E-state index in [-0.39, 0.29) is 5.97 Å². The predicted octanol–water partition coefficient (Wildman–Crippen LogP) is 3.32. The zero-order valence-corrected chi connectivity index (χ0v) is 12.4. The zero-order chi connectivity index (χ0) is 15.2. The van der Waals surface area contributed by atoms with E-state index in [2.05, 4.69) is 9.97 Å². The van der Waals surface area contributed by atoms with E-state index < -0.39 is 0 Å². The molecule has 0 spiro atoms. The molecular weight excluding hydrogens is 268 g/mol. The van der Waals surface area contributed by atoms with Gasteiger partial charge in [0.05, 0.1) is 17.9 Å². The first kappa shape index (κ1) is 15.0. The molecule has 0 aliphatic rings. The first-order valence-electron chi connectivity index (χ1n) is 6.91. The lowest BCUT2D eigenvalue weighted by atomic mass is 10.2. The van der Waals surface area contributed by atoms with Crippen molar-refractivity contribution in [2.45, 2.75) is 27.2 Å². The quantitative estimate of drug-likeness (QED) is 0.789. The van der Waals surface area contributed by atoms with Gasteiger partial charge in [0.2, 0.25) is 5.88 Å². The molecule has 0 saturated heterocycles. The maximum atomic E-state index is 11.5. The van der Waals surface area contributed by atoms with Crippen LogP contribution < -0.4 is 4.74 Å². The second kappa shape index (κ2) is 6.83. The molecule has 0 atom stereocenters. The van der Waals surface area contributed by atoms with E-state index in [0.29, 0.717) is 23.8 Å². The number of carbonyl (C=O) groups excluding carboxylic acids is 1. The summed E-state index contributed by atoms with van der Waals surface area (Å²) < 4.78 is 10.6. The Morgan fingerprint density at radius 2 is 2.00 bits per heavy atom. The molecule has 2 heterocycles. The number of aryl methyl sites for hydroxylation is 2. The summed E-state index contributed by atoms with van der Waals surface area (Å²) >= 11 is 0. The van der Waals surface area contributed by atoms with Crippen LogP contribution in [0.5, 0.6) is 11.6 Å². The highest BCUT2D eigenvalue weighted by Gasteiger charge is 2.09. The summed E-state index contributed by atoms with van der Waals surface area (Å²) in [5.41, 5.74) is 2.23. The molecule has 2 rings (SSSR count). The van der Waals surface area contributed by atoms with Gasteiger partial charge in [0.1, 0.15) is 0 Å². The summed E-state index contributed by atoms with van der Waals surface area (Å²) in [4.78, 5) is 20.1. The lowest BCUT2D eigenvalue weighted by Crippen LogP contribution is -2.05. The van der Waals surface area contributed by atoms with Gasteiger partial charge in [0.15, 0.2) is 5.75 Å². The van der Waals surface area contributed by atoms with Crippen molar-refractivity contribution in [2.75, 3.05) is 6.61 Å². The highest BCUT2D eigenvalue weighted by Crippen LogP contribution is 2.23. The van der Waals surface area contributed by atoms with Crippen LogP contribution in [0.2, 0.25) is 0 Å². The lowest BCUT2D eigenvalue weighted by Gasteiger charge is -2.09. The normalized spacial score (nSPS) is 10.2. The first-order chi connectivity index (χ1) is 10.1. The number of ether oxygens (including phenoxy) is 2. The molecule has 110 valence electrons. The Bertz CT molecular complexity index is 624. The van der Waals surface area contributed by atoms with Gasteiger partial charge in [-0.05, 0) is 38.5 Å². The Morgan fingerprint density at radius 1 is 1.19 bits per heavy atom. The van der Waals surface area contributed by atoms with Crippen molar-refractivity contribution in [1.82, 2.24) is 9.97 Å². The molecule has 0 amide bonds. The predicted molar refractivity (Wildman–Crippen MR) is 78.6 cm³/mol. The number of aromatic nitrogens is 2. The molecule has 0 aromatic carbocycles. The molecule has 21 heavy (non-hydrogen) atoms. The Morgan fingerprint density at radius 3 is 2.62 bits per heavy atom. The van der Waals surface area contributed by atoms with Gasteiger partial charge in [-0.15, -0.1) is 0 Å². The van der Waals surface area contributed by atoms with E-state index in [1.54, 1.807) is 19.1 Å². The fourth-order valence-corrected chi connectivity index (χ4v) is 1.83. The Labute approximate surface area is 124 Å². The molecule has 0 unspecified atom stereocenters. The number of nitrogens with zero attached hydrogens (tertiary/aromatic N) is 2. The third kappa shape index (κ3) is 3.78. The van der Waals surface area contributed by atoms with Crippen LogP contribution in [0, 0.1) is 6.92 Å². The molecule has 0 aliphatic carbocycles. The van der Waals surface area contributed by atoms with E-state index in [4.69, 9.17) is 9.47 Å². The smallest absolute Gasteiger partial charge is 0.339 e. The third-order valence-electron chi connectivity index (χ3n) is 2.87. The maximum Gasteiger partial charge on any atom is 0.339 e. The fourth-order valence-electron chi connectivity index (χ4n) is 1.83. The van der Waals surface area contributed by atoms with E-state index in [9.17, 15) is 4.79 Å². The topological polar surface area (TPSA) is 61.3 Å². The molecule has 0 saturated carbocycles. The highest BCUT2D eigenvalue weighted by atomic mass is 16.5. The molecule has 5 heteroatoms. The van der Waals surface area contributed by atoms with Crippen molar-refractivity contribution in [2.24, 2.45) is 0 Å². The molecule has 0 fully saturated rings. The Balaban J connectivity index is 2.15. The number of esters is 1. The van der Waals surface area contributed by atoms with Crippen molar-refractivity contribution in [3.63, 3.8) is 0 Å². The average Bonchev–Trinajstić information content (AvgIpc) is 2.50. The van der Waals surface area contributed by atoms with Crippen LogP contribution in [-0.2, 0) is 11.2 Å². The number of hydrogen-bond donors (Lipinski definition) is 0. The molecule has 5 nitrogen and oxygen atoms in total. The monoisotopic (exact) mass is 286 g/mol. The summed E-state index contributed by atoms with van der Waals surface area (Å²) in [7, 11) is 0. The molecule has 2 aromatic rings. The first-order valence-corrected chi connectivity index (χ1v) is 6.91. The summed E-state index contributed by atoms with van der Waals surface area (Å²) in [6, 6.07) is 7.04. The highest BCUT2D eigenvalue weighted by molar-refractivity contribution is 5.89. The number of rotatable bonds is 5. The Hall–Kier alpha value is -2.43. The standard InChI is InChI=1S/C16H18N2O3/c1-4-13-14(8-6-11(3)18-13)21-15-9-7-12(10-17-15)16(19)20-5-2/h6-10H,4-5H2,1-3H3. The summed E-state index contributed by atoms with van der Waals surface area (Å²) in [5, 5.41) is 0. The second-order valence-corrected chi connectivity index (χ2v) is 4.46. The van der Waals surface area contributed by atoms with Gasteiger partial charge in [-0.1, -0.05) is 6.92 Å². The lowest BCUT2D eigenvalue weighted by molar-refractivity contribution is 0.0526. The van der Waals surface area contributed by atoms with Gasteiger partial charge < -0.3 is 9.47 Å². The van der Waals surface area contributed by atoms with Crippen molar-refractivity contribution in [3.8, 4) is 11.6 Å². The summed E-state index contributed by atoms with van der Waals surface area (Å²) in [6.45, 7) is 6.06.